The first-order valence-corrected chi connectivity index (χ1v) is 7.55. The molecule has 1 aromatic rings. The largest absolute Gasteiger partial charge is 0.508 e. The van der Waals surface area contributed by atoms with E-state index in [0.29, 0.717) is 11.4 Å². The van der Waals surface area contributed by atoms with E-state index in [-0.39, 0.29) is 28.1 Å². The Labute approximate surface area is 149 Å². The normalized spacial score (nSPS) is 14.8. The molecule has 0 aliphatic carbocycles. The number of hydrogen-bond donors (Lipinski definition) is 2. The summed E-state index contributed by atoms with van der Waals surface area (Å²) in [5, 5.41) is 24.2. The molecule has 0 bridgehead atoms. The Balaban J connectivity index is 2.86. The van der Waals surface area contributed by atoms with Crippen LogP contribution in [0.1, 0.15) is 25.3 Å². The van der Waals surface area contributed by atoms with Gasteiger partial charge in [0.1, 0.15) is 5.75 Å². The zero-order valence-corrected chi connectivity index (χ0v) is 14.7. The van der Waals surface area contributed by atoms with E-state index < -0.39 is 22.8 Å². The van der Waals surface area contributed by atoms with Crippen molar-refractivity contribution in [2.75, 3.05) is 14.2 Å². The number of ether oxygens (including phenoxy) is 2. The van der Waals surface area contributed by atoms with Crippen molar-refractivity contribution in [3.05, 3.63) is 56.4 Å². The molecule has 0 amide bonds. The molecule has 9 nitrogen and oxygen atoms in total. The van der Waals surface area contributed by atoms with Crippen molar-refractivity contribution in [2.45, 2.75) is 19.8 Å². The molecule has 0 radical (unpaired) electrons. The van der Waals surface area contributed by atoms with E-state index in [9.17, 15) is 24.8 Å². The number of carbonyl (C=O) groups is 2. The van der Waals surface area contributed by atoms with E-state index in [1.165, 1.54) is 14.2 Å². The van der Waals surface area contributed by atoms with Gasteiger partial charge in [0.05, 0.1) is 36.2 Å². The van der Waals surface area contributed by atoms with Gasteiger partial charge in [0.2, 0.25) is 0 Å². The van der Waals surface area contributed by atoms with Crippen molar-refractivity contribution in [1.82, 2.24) is 5.32 Å². The van der Waals surface area contributed by atoms with E-state index in [2.05, 4.69) is 5.32 Å². The molecule has 1 heterocycles. The van der Waals surface area contributed by atoms with Crippen LogP contribution >= 0.6 is 0 Å². The van der Waals surface area contributed by atoms with Crippen LogP contribution in [0.3, 0.4) is 0 Å². The predicted octanol–water partition coefficient (Wildman–Crippen LogP) is 1.88. The number of methoxy groups -OCH3 is 2. The number of esters is 2. The van der Waals surface area contributed by atoms with Gasteiger partial charge in [-0.05, 0) is 26.0 Å². The van der Waals surface area contributed by atoms with Crippen LogP contribution in [0.2, 0.25) is 0 Å². The fourth-order valence-corrected chi connectivity index (χ4v) is 3.01. The standard InChI is InChI=1S/C17H18N2O7/c1-8-13(16(21)25-3)15(14(9(2)18-8)17(22)26-4)11-7-10(20)5-6-12(11)19(23)24/h5-7,15,18,20H,1-4H3. The summed E-state index contributed by atoms with van der Waals surface area (Å²) < 4.78 is 9.59. The number of aromatic hydroxyl groups is 1. The number of phenolic OH excluding ortho intramolecular Hbond substituents is 1. The van der Waals surface area contributed by atoms with Gasteiger partial charge < -0.3 is 19.9 Å². The molecule has 1 aliphatic rings. The molecular weight excluding hydrogens is 344 g/mol. The van der Waals surface area contributed by atoms with Crippen LogP contribution in [0.5, 0.6) is 5.75 Å². The number of dihydropyridines is 1. The smallest absolute Gasteiger partial charge is 0.336 e. The Kier molecular flexibility index (Phi) is 5.30. The first-order chi connectivity index (χ1) is 12.2. The number of nitrogens with one attached hydrogen (secondary N) is 1. The number of rotatable bonds is 4. The lowest BCUT2D eigenvalue weighted by atomic mass is 9.79. The van der Waals surface area contributed by atoms with Gasteiger partial charge in [0.15, 0.2) is 0 Å². The Morgan fingerprint density at radius 3 is 2.04 bits per heavy atom. The third-order valence-electron chi connectivity index (χ3n) is 4.09. The lowest BCUT2D eigenvalue weighted by Crippen LogP contribution is -2.32. The Hall–Kier alpha value is -3.36. The number of benzene rings is 1. The van der Waals surface area contributed by atoms with Gasteiger partial charge in [0, 0.05) is 23.0 Å². The second-order valence-corrected chi connectivity index (χ2v) is 5.62. The summed E-state index contributed by atoms with van der Waals surface area (Å²) in [5.74, 6) is -2.89. The summed E-state index contributed by atoms with van der Waals surface area (Å²) >= 11 is 0. The number of carbonyl (C=O) groups excluding carboxylic acids is 2. The first kappa shape index (κ1) is 19.0. The zero-order valence-electron chi connectivity index (χ0n) is 14.7. The molecule has 2 rings (SSSR count). The van der Waals surface area contributed by atoms with Gasteiger partial charge in [0.25, 0.3) is 5.69 Å². The zero-order chi connectivity index (χ0) is 19.6. The van der Waals surface area contributed by atoms with Crippen LogP contribution in [0, 0.1) is 10.1 Å². The molecule has 0 spiro atoms. The molecule has 1 aliphatic heterocycles. The highest BCUT2D eigenvalue weighted by Gasteiger charge is 2.40. The van der Waals surface area contributed by atoms with Crippen molar-refractivity contribution in [1.29, 1.82) is 0 Å². The van der Waals surface area contributed by atoms with Gasteiger partial charge in [-0.2, -0.15) is 0 Å². The highest BCUT2D eigenvalue weighted by molar-refractivity contribution is 6.00. The minimum atomic E-state index is -1.14. The Bertz CT molecular complexity index is 817. The van der Waals surface area contributed by atoms with E-state index in [4.69, 9.17) is 9.47 Å². The number of allylic oxidation sites excluding steroid dienone is 2. The lowest BCUT2D eigenvalue weighted by molar-refractivity contribution is -0.385. The SMILES string of the molecule is COC(=O)C1=C(C)NC(C)=C(C(=O)OC)C1c1cc(O)ccc1[N+](=O)[O-]. The summed E-state index contributed by atoms with van der Waals surface area (Å²) in [6.45, 7) is 3.18. The first-order valence-electron chi connectivity index (χ1n) is 7.55. The quantitative estimate of drug-likeness (QED) is 0.472. The van der Waals surface area contributed by atoms with Gasteiger partial charge in [-0.1, -0.05) is 0 Å². The highest BCUT2D eigenvalue weighted by atomic mass is 16.6. The lowest BCUT2D eigenvalue weighted by Gasteiger charge is -2.29. The molecule has 138 valence electrons. The molecule has 0 saturated heterocycles. The third kappa shape index (κ3) is 3.23. The maximum Gasteiger partial charge on any atom is 0.336 e. The number of nitro benzene ring substituents is 1. The van der Waals surface area contributed by atoms with E-state index >= 15 is 0 Å². The summed E-state index contributed by atoms with van der Waals surface area (Å²) in [6.07, 6.45) is 0. The minimum Gasteiger partial charge on any atom is -0.508 e. The van der Waals surface area contributed by atoms with E-state index in [1.54, 1.807) is 13.8 Å². The fraction of sp³-hybridized carbons (Fsp3) is 0.294. The van der Waals surface area contributed by atoms with E-state index in [1.807, 2.05) is 0 Å². The molecule has 0 saturated carbocycles. The summed E-state index contributed by atoms with van der Waals surface area (Å²) in [4.78, 5) is 35.6. The van der Waals surface area contributed by atoms with E-state index in [0.717, 1.165) is 18.2 Å². The maximum absolute atomic E-state index is 12.4. The van der Waals surface area contributed by atoms with Crippen LogP contribution in [-0.2, 0) is 19.1 Å². The molecular formula is C17H18N2O7. The van der Waals surface area contributed by atoms with Crippen molar-refractivity contribution < 1.29 is 29.1 Å². The minimum absolute atomic E-state index is 0.0176. The van der Waals surface area contributed by atoms with Gasteiger partial charge in [-0.25, -0.2) is 9.59 Å². The third-order valence-corrected chi connectivity index (χ3v) is 4.09. The maximum atomic E-state index is 12.4. The topological polar surface area (TPSA) is 128 Å². The van der Waals surface area contributed by atoms with Crippen molar-refractivity contribution in [3.63, 3.8) is 0 Å². The second-order valence-electron chi connectivity index (χ2n) is 5.62. The van der Waals surface area contributed by atoms with Crippen molar-refractivity contribution >= 4 is 17.6 Å². The number of nitro groups is 1. The van der Waals surface area contributed by atoms with Crippen LogP contribution in [-0.4, -0.2) is 36.2 Å². The van der Waals surface area contributed by atoms with Crippen molar-refractivity contribution in [3.8, 4) is 5.75 Å². The number of phenols is 1. The average Bonchev–Trinajstić information content (AvgIpc) is 2.59. The molecule has 2 N–H and O–H groups in total. The molecule has 9 heteroatoms. The fourth-order valence-electron chi connectivity index (χ4n) is 3.01. The molecule has 0 aromatic heterocycles. The predicted molar refractivity (Wildman–Crippen MR) is 90.1 cm³/mol. The second kappa shape index (κ2) is 7.26. The summed E-state index contributed by atoms with van der Waals surface area (Å²) in [6, 6.07) is 3.42. The van der Waals surface area contributed by atoms with Crippen LogP contribution in [0.4, 0.5) is 5.69 Å². The molecule has 0 unspecified atom stereocenters. The van der Waals surface area contributed by atoms with Gasteiger partial charge >= 0.3 is 11.9 Å². The van der Waals surface area contributed by atoms with Gasteiger partial charge in [-0.15, -0.1) is 0 Å². The molecule has 1 aromatic carbocycles. The van der Waals surface area contributed by atoms with Crippen molar-refractivity contribution in [2.24, 2.45) is 0 Å². The van der Waals surface area contributed by atoms with Crippen LogP contribution in [0.25, 0.3) is 0 Å². The average molecular weight is 362 g/mol. The van der Waals surface area contributed by atoms with Gasteiger partial charge in [-0.3, -0.25) is 10.1 Å². The Morgan fingerprint density at radius 2 is 1.62 bits per heavy atom. The molecule has 0 fully saturated rings. The highest BCUT2D eigenvalue weighted by Crippen LogP contribution is 2.43. The number of nitrogens with zero attached hydrogens (tertiary/aromatic N) is 1. The summed E-state index contributed by atoms with van der Waals surface area (Å²) in [7, 11) is 2.33. The van der Waals surface area contributed by atoms with Crippen LogP contribution in [0.15, 0.2) is 40.7 Å². The number of hydrogen-bond acceptors (Lipinski definition) is 8. The Morgan fingerprint density at radius 1 is 1.12 bits per heavy atom. The van der Waals surface area contributed by atoms with Crippen LogP contribution < -0.4 is 5.32 Å². The molecule has 26 heavy (non-hydrogen) atoms. The summed E-state index contributed by atoms with van der Waals surface area (Å²) in [5.41, 5.74) is 0.433. The molecule has 0 atom stereocenters. The monoisotopic (exact) mass is 362 g/mol.